The SMILES string of the molecule is CCCC(O)C(CC)N1CCC(C)C(OC)C1. The Kier molecular flexibility index (Phi) is 6.45. The summed E-state index contributed by atoms with van der Waals surface area (Å²) in [6.07, 6.45) is 4.29. The van der Waals surface area contributed by atoms with Gasteiger partial charge in [0, 0.05) is 19.7 Å². The van der Waals surface area contributed by atoms with E-state index in [1.54, 1.807) is 7.11 Å². The lowest BCUT2D eigenvalue weighted by Crippen LogP contribution is -2.52. The smallest absolute Gasteiger partial charge is 0.0724 e. The Morgan fingerprint density at radius 2 is 2.12 bits per heavy atom. The average Bonchev–Trinajstić information content (AvgIpc) is 2.32. The van der Waals surface area contributed by atoms with E-state index in [1.165, 1.54) is 6.42 Å². The summed E-state index contributed by atoms with van der Waals surface area (Å²) in [5.41, 5.74) is 0. The molecule has 0 amide bonds. The first-order chi connectivity index (χ1) is 8.13. The molecule has 0 radical (unpaired) electrons. The molecule has 0 spiro atoms. The molecule has 1 aliphatic heterocycles. The Labute approximate surface area is 106 Å². The molecule has 0 aromatic carbocycles. The van der Waals surface area contributed by atoms with Crippen LogP contribution in [0.4, 0.5) is 0 Å². The predicted molar refractivity (Wildman–Crippen MR) is 71.1 cm³/mol. The number of nitrogens with zero attached hydrogens (tertiary/aromatic N) is 1. The normalized spacial score (nSPS) is 30.2. The molecule has 4 atom stereocenters. The molecule has 4 unspecified atom stereocenters. The van der Waals surface area contributed by atoms with Gasteiger partial charge in [-0.25, -0.2) is 0 Å². The van der Waals surface area contributed by atoms with Crippen LogP contribution < -0.4 is 0 Å². The number of ether oxygens (including phenoxy) is 1. The maximum absolute atomic E-state index is 10.2. The second kappa shape index (κ2) is 7.34. The molecule has 1 heterocycles. The summed E-state index contributed by atoms with van der Waals surface area (Å²) in [5, 5.41) is 10.2. The van der Waals surface area contributed by atoms with Crippen molar-refractivity contribution in [2.24, 2.45) is 5.92 Å². The van der Waals surface area contributed by atoms with Crippen LogP contribution in [0.15, 0.2) is 0 Å². The first-order valence-corrected chi connectivity index (χ1v) is 7.08. The van der Waals surface area contributed by atoms with Crippen LogP contribution in [-0.4, -0.2) is 48.5 Å². The third-order valence-electron chi connectivity index (χ3n) is 4.14. The number of aliphatic hydroxyl groups is 1. The van der Waals surface area contributed by atoms with E-state index in [9.17, 15) is 5.11 Å². The molecule has 0 bridgehead atoms. The third kappa shape index (κ3) is 3.94. The van der Waals surface area contributed by atoms with E-state index in [4.69, 9.17) is 4.74 Å². The number of hydrogen-bond acceptors (Lipinski definition) is 3. The lowest BCUT2D eigenvalue weighted by Gasteiger charge is -2.42. The van der Waals surface area contributed by atoms with Crippen LogP contribution in [0, 0.1) is 5.92 Å². The van der Waals surface area contributed by atoms with Crippen molar-refractivity contribution in [1.29, 1.82) is 0 Å². The second-order valence-electron chi connectivity index (χ2n) is 5.37. The Morgan fingerprint density at radius 1 is 1.41 bits per heavy atom. The summed E-state index contributed by atoms with van der Waals surface area (Å²) < 4.78 is 5.54. The number of piperidine rings is 1. The van der Waals surface area contributed by atoms with E-state index in [1.807, 2.05) is 0 Å². The van der Waals surface area contributed by atoms with Gasteiger partial charge in [0.25, 0.3) is 0 Å². The molecular weight excluding hydrogens is 214 g/mol. The standard InChI is InChI=1S/C14H29NO2/c1-5-7-13(16)12(6-2)15-9-8-11(3)14(10-15)17-4/h11-14,16H,5-10H2,1-4H3. The monoisotopic (exact) mass is 243 g/mol. The van der Waals surface area contributed by atoms with Crippen molar-refractivity contribution >= 4 is 0 Å². The highest BCUT2D eigenvalue weighted by Crippen LogP contribution is 2.24. The molecule has 0 aliphatic carbocycles. The average molecular weight is 243 g/mol. The van der Waals surface area contributed by atoms with Gasteiger partial charge in [-0.15, -0.1) is 0 Å². The van der Waals surface area contributed by atoms with Crippen molar-refractivity contribution in [3.8, 4) is 0 Å². The van der Waals surface area contributed by atoms with Crippen molar-refractivity contribution in [2.45, 2.75) is 64.7 Å². The quantitative estimate of drug-likeness (QED) is 0.777. The summed E-state index contributed by atoms with van der Waals surface area (Å²) in [5.74, 6) is 0.636. The lowest BCUT2D eigenvalue weighted by molar-refractivity contribution is -0.0455. The Balaban J connectivity index is 2.57. The van der Waals surface area contributed by atoms with E-state index in [2.05, 4.69) is 25.7 Å². The maximum Gasteiger partial charge on any atom is 0.0724 e. The van der Waals surface area contributed by atoms with Crippen LogP contribution in [0.25, 0.3) is 0 Å². The maximum atomic E-state index is 10.2. The second-order valence-corrected chi connectivity index (χ2v) is 5.37. The zero-order chi connectivity index (χ0) is 12.8. The van der Waals surface area contributed by atoms with Crippen molar-refractivity contribution in [3.63, 3.8) is 0 Å². The molecule has 3 nitrogen and oxygen atoms in total. The first kappa shape index (κ1) is 14.9. The molecule has 1 saturated heterocycles. The number of hydrogen-bond donors (Lipinski definition) is 1. The molecular formula is C14H29NO2. The first-order valence-electron chi connectivity index (χ1n) is 7.08. The summed E-state index contributed by atoms with van der Waals surface area (Å²) >= 11 is 0. The van der Waals surface area contributed by atoms with Gasteiger partial charge in [-0.3, -0.25) is 4.90 Å². The number of aliphatic hydroxyl groups excluding tert-OH is 1. The minimum absolute atomic E-state index is 0.184. The van der Waals surface area contributed by atoms with Gasteiger partial charge in [0.2, 0.25) is 0 Å². The van der Waals surface area contributed by atoms with E-state index in [0.29, 0.717) is 18.1 Å². The van der Waals surface area contributed by atoms with Crippen molar-refractivity contribution in [2.75, 3.05) is 20.2 Å². The Bertz CT molecular complexity index is 210. The Morgan fingerprint density at radius 3 is 2.65 bits per heavy atom. The van der Waals surface area contributed by atoms with Gasteiger partial charge in [-0.1, -0.05) is 27.2 Å². The molecule has 1 N–H and O–H groups in total. The lowest BCUT2D eigenvalue weighted by atomic mass is 9.92. The van der Waals surface area contributed by atoms with Crippen LogP contribution in [0.3, 0.4) is 0 Å². The van der Waals surface area contributed by atoms with Crippen LogP contribution in [-0.2, 0) is 4.74 Å². The highest BCUT2D eigenvalue weighted by atomic mass is 16.5. The highest BCUT2D eigenvalue weighted by Gasteiger charge is 2.32. The largest absolute Gasteiger partial charge is 0.391 e. The van der Waals surface area contributed by atoms with Gasteiger partial charge in [-0.2, -0.15) is 0 Å². The van der Waals surface area contributed by atoms with E-state index >= 15 is 0 Å². The zero-order valence-electron chi connectivity index (χ0n) is 11.9. The van der Waals surface area contributed by atoms with Gasteiger partial charge < -0.3 is 9.84 Å². The molecule has 1 rings (SSSR count). The van der Waals surface area contributed by atoms with Crippen LogP contribution in [0.1, 0.15) is 46.5 Å². The molecule has 3 heteroatoms. The fourth-order valence-corrected chi connectivity index (χ4v) is 2.93. The van der Waals surface area contributed by atoms with Gasteiger partial charge in [0.15, 0.2) is 0 Å². The number of likely N-dealkylation sites (tertiary alicyclic amines) is 1. The van der Waals surface area contributed by atoms with Crippen LogP contribution in [0.2, 0.25) is 0 Å². The summed E-state index contributed by atoms with van der Waals surface area (Å²) in [6.45, 7) is 8.63. The molecule has 17 heavy (non-hydrogen) atoms. The van der Waals surface area contributed by atoms with E-state index in [-0.39, 0.29) is 6.10 Å². The fraction of sp³-hybridized carbons (Fsp3) is 1.00. The minimum Gasteiger partial charge on any atom is -0.391 e. The van der Waals surface area contributed by atoms with Gasteiger partial charge in [0.1, 0.15) is 0 Å². The van der Waals surface area contributed by atoms with Crippen molar-refractivity contribution in [3.05, 3.63) is 0 Å². The van der Waals surface area contributed by atoms with Gasteiger partial charge in [0.05, 0.1) is 12.2 Å². The van der Waals surface area contributed by atoms with Gasteiger partial charge in [-0.05, 0) is 31.7 Å². The topological polar surface area (TPSA) is 32.7 Å². The van der Waals surface area contributed by atoms with E-state index in [0.717, 1.165) is 32.4 Å². The molecule has 1 aliphatic rings. The number of methoxy groups -OCH3 is 1. The Hall–Kier alpha value is -0.120. The van der Waals surface area contributed by atoms with Crippen LogP contribution >= 0.6 is 0 Å². The summed E-state index contributed by atoms with van der Waals surface area (Å²) in [7, 11) is 1.80. The molecule has 1 fully saturated rings. The van der Waals surface area contributed by atoms with Gasteiger partial charge >= 0.3 is 0 Å². The summed E-state index contributed by atoms with van der Waals surface area (Å²) in [4.78, 5) is 2.43. The molecule has 0 aromatic rings. The third-order valence-corrected chi connectivity index (χ3v) is 4.14. The fourth-order valence-electron chi connectivity index (χ4n) is 2.93. The summed E-state index contributed by atoms with van der Waals surface area (Å²) in [6, 6.07) is 0.306. The number of rotatable bonds is 6. The highest BCUT2D eigenvalue weighted by molar-refractivity contribution is 4.85. The minimum atomic E-state index is -0.184. The van der Waals surface area contributed by atoms with E-state index < -0.39 is 0 Å². The van der Waals surface area contributed by atoms with Crippen molar-refractivity contribution in [1.82, 2.24) is 4.90 Å². The van der Waals surface area contributed by atoms with Crippen molar-refractivity contribution < 1.29 is 9.84 Å². The molecule has 0 aromatic heterocycles. The predicted octanol–water partition coefficient (Wildman–Crippen LogP) is 2.28. The zero-order valence-corrected chi connectivity index (χ0v) is 11.9. The molecule has 102 valence electrons. The molecule has 0 saturated carbocycles. The van der Waals surface area contributed by atoms with Crippen LogP contribution in [0.5, 0.6) is 0 Å².